The molecule has 2 aliphatic rings. The van der Waals surface area contributed by atoms with Crippen LogP contribution in [0.3, 0.4) is 0 Å². The molecule has 2 aromatic rings. The molecule has 0 amide bonds. The van der Waals surface area contributed by atoms with Gasteiger partial charge in [0, 0.05) is 17.7 Å². The molecule has 0 saturated heterocycles. The SMILES string of the molecule is CC(C)c1ccc([C@H]2C3=C(CCCC3=O)Nc3nnnn32)cc1. The van der Waals surface area contributed by atoms with Crippen molar-refractivity contribution in [1.82, 2.24) is 20.2 Å². The van der Waals surface area contributed by atoms with Gasteiger partial charge in [0.25, 0.3) is 0 Å². The van der Waals surface area contributed by atoms with E-state index in [0.29, 0.717) is 18.3 Å². The van der Waals surface area contributed by atoms with Gasteiger partial charge in [0.05, 0.1) is 0 Å². The molecule has 23 heavy (non-hydrogen) atoms. The van der Waals surface area contributed by atoms with Crippen LogP contribution in [0.2, 0.25) is 0 Å². The predicted octanol–water partition coefficient (Wildman–Crippen LogP) is 2.82. The van der Waals surface area contributed by atoms with E-state index in [1.165, 1.54) is 5.56 Å². The second-order valence-corrected chi connectivity index (χ2v) is 6.46. The maximum atomic E-state index is 12.5. The summed E-state index contributed by atoms with van der Waals surface area (Å²) in [6.07, 6.45) is 2.35. The number of ketones is 1. The molecule has 1 atom stereocenters. The largest absolute Gasteiger partial charge is 0.326 e. The number of hydrogen-bond acceptors (Lipinski definition) is 5. The first-order valence-electron chi connectivity index (χ1n) is 8.06. The van der Waals surface area contributed by atoms with E-state index in [4.69, 9.17) is 0 Å². The van der Waals surface area contributed by atoms with Crippen LogP contribution >= 0.6 is 0 Å². The zero-order chi connectivity index (χ0) is 16.0. The Kier molecular flexibility index (Phi) is 3.25. The molecule has 4 rings (SSSR count). The normalized spacial score (nSPS) is 20.3. The summed E-state index contributed by atoms with van der Waals surface area (Å²) >= 11 is 0. The minimum atomic E-state index is -0.231. The number of fused-ring (bicyclic) bond motifs is 1. The smallest absolute Gasteiger partial charge is 0.248 e. The number of carbonyl (C=O) groups excluding carboxylic acids is 1. The first-order valence-corrected chi connectivity index (χ1v) is 8.06. The number of tetrazole rings is 1. The van der Waals surface area contributed by atoms with Crippen LogP contribution in [0.5, 0.6) is 0 Å². The Bertz CT molecular complexity index is 788. The van der Waals surface area contributed by atoms with Crippen LogP contribution in [-0.2, 0) is 4.79 Å². The number of hydrogen-bond donors (Lipinski definition) is 1. The molecule has 1 aromatic carbocycles. The van der Waals surface area contributed by atoms with Gasteiger partial charge in [-0.05, 0) is 40.3 Å². The summed E-state index contributed by atoms with van der Waals surface area (Å²) in [6, 6.07) is 8.19. The summed E-state index contributed by atoms with van der Waals surface area (Å²) in [5, 5.41) is 15.1. The van der Waals surface area contributed by atoms with Crippen LogP contribution in [0, 0.1) is 0 Å². The first kappa shape index (κ1) is 14.1. The third kappa shape index (κ3) is 2.25. The number of allylic oxidation sites excluding steroid dienone is 2. The third-order valence-corrected chi connectivity index (χ3v) is 4.65. The Morgan fingerprint density at radius 2 is 2.00 bits per heavy atom. The number of rotatable bonds is 2. The van der Waals surface area contributed by atoms with Gasteiger partial charge >= 0.3 is 0 Å². The molecule has 1 aliphatic heterocycles. The Morgan fingerprint density at radius 1 is 1.22 bits per heavy atom. The van der Waals surface area contributed by atoms with Gasteiger partial charge in [0.15, 0.2) is 5.78 Å². The molecule has 118 valence electrons. The van der Waals surface area contributed by atoms with Crippen molar-refractivity contribution in [1.29, 1.82) is 0 Å². The molecule has 0 radical (unpaired) electrons. The van der Waals surface area contributed by atoms with Crippen LogP contribution in [0.1, 0.15) is 56.2 Å². The third-order valence-electron chi connectivity index (χ3n) is 4.65. The predicted molar refractivity (Wildman–Crippen MR) is 86.0 cm³/mol. The minimum absolute atomic E-state index is 0.192. The lowest BCUT2D eigenvalue weighted by molar-refractivity contribution is -0.116. The van der Waals surface area contributed by atoms with Crippen LogP contribution in [-0.4, -0.2) is 26.0 Å². The van der Waals surface area contributed by atoms with Gasteiger partial charge < -0.3 is 5.32 Å². The van der Waals surface area contributed by atoms with Gasteiger partial charge in [-0.25, -0.2) is 0 Å². The van der Waals surface area contributed by atoms with Crippen molar-refractivity contribution in [2.75, 3.05) is 5.32 Å². The van der Waals surface area contributed by atoms with Gasteiger partial charge in [0.1, 0.15) is 6.04 Å². The van der Waals surface area contributed by atoms with Crippen molar-refractivity contribution in [3.8, 4) is 0 Å². The first-order chi connectivity index (χ1) is 11.1. The molecule has 6 heteroatoms. The van der Waals surface area contributed by atoms with E-state index in [1.54, 1.807) is 4.68 Å². The Balaban J connectivity index is 1.84. The van der Waals surface area contributed by atoms with E-state index >= 15 is 0 Å². The maximum Gasteiger partial charge on any atom is 0.248 e. The molecule has 1 aromatic heterocycles. The van der Waals surface area contributed by atoms with E-state index in [9.17, 15) is 4.79 Å². The Hall–Kier alpha value is -2.50. The minimum Gasteiger partial charge on any atom is -0.326 e. The van der Waals surface area contributed by atoms with Crippen molar-refractivity contribution in [3.63, 3.8) is 0 Å². The maximum absolute atomic E-state index is 12.5. The molecule has 0 spiro atoms. The summed E-state index contributed by atoms with van der Waals surface area (Å²) in [6.45, 7) is 4.34. The van der Waals surface area contributed by atoms with E-state index in [-0.39, 0.29) is 11.8 Å². The molecule has 0 fully saturated rings. The van der Waals surface area contributed by atoms with Crippen molar-refractivity contribution in [3.05, 3.63) is 46.7 Å². The lowest BCUT2D eigenvalue weighted by Crippen LogP contribution is -2.31. The van der Waals surface area contributed by atoms with Gasteiger partial charge in [0.2, 0.25) is 5.95 Å². The van der Waals surface area contributed by atoms with Crippen molar-refractivity contribution >= 4 is 11.7 Å². The summed E-state index contributed by atoms with van der Waals surface area (Å²) in [7, 11) is 0. The monoisotopic (exact) mass is 309 g/mol. The number of Topliss-reactive ketones (excluding diaryl/α,β-unsaturated/α-hetero) is 1. The summed E-state index contributed by atoms with van der Waals surface area (Å²) in [5.41, 5.74) is 4.12. The Morgan fingerprint density at radius 3 is 2.74 bits per heavy atom. The van der Waals surface area contributed by atoms with Crippen molar-refractivity contribution in [2.24, 2.45) is 0 Å². The molecule has 0 bridgehead atoms. The lowest BCUT2D eigenvalue weighted by atomic mass is 9.85. The molecule has 1 aliphatic carbocycles. The van der Waals surface area contributed by atoms with E-state index in [1.807, 2.05) is 0 Å². The number of benzene rings is 1. The van der Waals surface area contributed by atoms with Crippen molar-refractivity contribution < 1.29 is 4.79 Å². The van der Waals surface area contributed by atoms with E-state index in [0.717, 1.165) is 29.7 Å². The van der Waals surface area contributed by atoms with Crippen LogP contribution < -0.4 is 5.32 Å². The topological polar surface area (TPSA) is 72.7 Å². The molecule has 1 N–H and O–H groups in total. The standard InChI is InChI=1S/C17H19N5O/c1-10(2)11-6-8-12(9-7-11)16-15-13(4-3-5-14(15)23)18-17-19-20-21-22(16)17/h6-10,16H,3-5H2,1-2H3,(H,18,19,21)/t16-/m0/s1. The number of nitrogens with one attached hydrogen (secondary N) is 1. The molecular weight excluding hydrogens is 290 g/mol. The highest BCUT2D eigenvalue weighted by molar-refractivity contribution is 5.99. The van der Waals surface area contributed by atoms with Crippen LogP contribution in [0.25, 0.3) is 0 Å². The van der Waals surface area contributed by atoms with Crippen LogP contribution in [0.15, 0.2) is 35.5 Å². The highest BCUT2D eigenvalue weighted by Crippen LogP contribution is 2.39. The van der Waals surface area contributed by atoms with E-state index in [2.05, 4.69) is 59.0 Å². The fraction of sp³-hybridized carbons (Fsp3) is 0.412. The zero-order valence-corrected chi connectivity index (χ0v) is 13.3. The second kappa shape index (κ2) is 5.30. The average molecular weight is 309 g/mol. The quantitative estimate of drug-likeness (QED) is 0.923. The van der Waals surface area contributed by atoms with Gasteiger partial charge in [-0.2, -0.15) is 4.68 Å². The fourth-order valence-corrected chi connectivity index (χ4v) is 3.39. The molecule has 0 saturated carbocycles. The molecule has 6 nitrogen and oxygen atoms in total. The number of nitrogens with zero attached hydrogens (tertiary/aromatic N) is 4. The number of anilines is 1. The highest BCUT2D eigenvalue weighted by Gasteiger charge is 2.36. The highest BCUT2D eigenvalue weighted by atomic mass is 16.1. The summed E-state index contributed by atoms with van der Waals surface area (Å²) < 4.78 is 1.71. The van der Waals surface area contributed by atoms with Crippen LogP contribution in [0.4, 0.5) is 5.95 Å². The summed E-state index contributed by atoms with van der Waals surface area (Å²) in [4.78, 5) is 12.5. The summed E-state index contributed by atoms with van der Waals surface area (Å²) in [5.74, 6) is 1.28. The molecule has 0 unspecified atom stereocenters. The fourth-order valence-electron chi connectivity index (χ4n) is 3.39. The average Bonchev–Trinajstić information content (AvgIpc) is 3.01. The number of carbonyl (C=O) groups is 1. The molecule has 2 heterocycles. The molecular formula is C17H19N5O. The van der Waals surface area contributed by atoms with Gasteiger partial charge in [-0.15, -0.1) is 0 Å². The van der Waals surface area contributed by atoms with Crippen molar-refractivity contribution in [2.45, 2.75) is 45.1 Å². The van der Waals surface area contributed by atoms with Gasteiger partial charge in [-0.1, -0.05) is 43.2 Å². The second-order valence-electron chi connectivity index (χ2n) is 6.46. The van der Waals surface area contributed by atoms with E-state index < -0.39 is 0 Å². The van der Waals surface area contributed by atoms with Gasteiger partial charge in [-0.3, -0.25) is 4.79 Å². The number of aromatic nitrogens is 4. The zero-order valence-electron chi connectivity index (χ0n) is 13.3. The Labute approximate surface area is 134 Å². The lowest BCUT2D eigenvalue weighted by Gasteiger charge is -2.31.